The van der Waals surface area contributed by atoms with Crippen LogP contribution in [0.3, 0.4) is 0 Å². The molecule has 1 fully saturated rings. The molecular weight excluding hydrogens is 399 g/mol. The number of aromatic nitrogens is 2. The van der Waals surface area contributed by atoms with Crippen molar-refractivity contribution in [1.29, 1.82) is 0 Å². The Kier molecular flexibility index (Phi) is 6.49. The van der Waals surface area contributed by atoms with Gasteiger partial charge in [-0.1, -0.05) is 12.1 Å². The lowest BCUT2D eigenvalue weighted by Crippen LogP contribution is -2.42. The summed E-state index contributed by atoms with van der Waals surface area (Å²) in [4.78, 5) is 23.4. The Morgan fingerprint density at radius 3 is 2.90 bits per heavy atom. The third kappa shape index (κ3) is 5.42. The van der Waals surface area contributed by atoms with Crippen molar-refractivity contribution in [1.82, 2.24) is 14.9 Å². The number of benzene rings is 2. The first-order valence-electron chi connectivity index (χ1n) is 9.96. The highest BCUT2D eigenvalue weighted by molar-refractivity contribution is 5.92. The average molecular weight is 422 g/mol. The lowest BCUT2D eigenvalue weighted by atomic mass is 10.1. The molecule has 7 nitrogen and oxygen atoms in total. The van der Waals surface area contributed by atoms with E-state index in [4.69, 9.17) is 14.5 Å². The number of anilines is 1. The molecule has 0 saturated carbocycles. The summed E-state index contributed by atoms with van der Waals surface area (Å²) in [6.45, 7) is 1.85. The standard InChI is InChI=1S/C23H23FN4O3/c1-30-19-4-2-3-16(11-19)20-12-25-13-21(27-20)22-14-28(9-10-31-22)15-23(29)26-18-7-5-17(24)6-8-18/h2-8,11-13,22H,9-10,14-15H2,1H3,(H,26,29)/t22-/m1/s1. The molecule has 0 bridgehead atoms. The van der Waals surface area contributed by atoms with Gasteiger partial charge in [0.25, 0.3) is 0 Å². The molecule has 1 aromatic heterocycles. The Bertz CT molecular complexity index is 1050. The van der Waals surface area contributed by atoms with Crippen LogP contribution in [0.25, 0.3) is 11.3 Å². The lowest BCUT2D eigenvalue weighted by molar-refractivity contribution is -0.119. The fourth-order valence-corrected chi connectivity index (χ4v) is 3.42. The predicted molar refractivity (Wildman–Crippen MR) is 114 cm³/mol. The zero-order valence-electron chi connectivity index (χ0n) is 17.1. The second-order valence-electron chi connectivity index (χ2n) is 7.21. The summed E-state index contributed by atoms with van der Waals surface area (Å²) < 4.78 is 24.2. The van der Waals surface area contributed by atoms with Crippen molar-refractivity contribution in [2.45, 2.75) is 6.10 Å². The highest BCUT2D eigenvalue weighted by Crippen LogP contribution is 2.25. The van der Waals surface area contributed by atoms with Crippen LogP contribution in [-0.4, -0.2) is 54.1 Å². The number of amides is 1. The highest BCUT2D eigenvalue weighted by atomic mass is 19.1. The number of nitrogens with zero attached hydrogens (tertiary/aromatic N) is 3. The van der Waals surface area contributed by atoms with Crippen LogP contribution in [0.4, 0.5) is 10.1 Å². The third-order valence-corrected chi connectivity index (χ3v) is 4.99. The molecule has 0 radical (unpaired) electrons. The van der Waals surface area contributed by atoms with Crippen molar-refractivity contribution >= 4 is 11.6 Å². The van der Waals surface area contributed by atoms with Gasteiger partial charge in [0.2, 0.25) is 5.91 Å². The number of nitrogens with one attached hydrogen (secondary N) is 1. The first-order chi connectivity index (χ1) is 15.1. The highest BCUT2D eigenvalue weighted by Gasteiger charge is 2.25. The van der Waals surface area contributed by atoms with Crippen molar-refractivity contribution in [3.63, 3.8) is 0 Å². The first-order valence-corrected chi connectivity index (χ1v) is 9.96. The van der Waals surface area contributed by atoms with E-state index in [1.54, 1.807) is 19.5 Å². The van der Waals surface area contributed by atoms with Gasteiger partial charge in [-0.15, -0.1) is 0 Å². The Morgan fingerprint density at radius 2 is 2.10 bits per heavy atom. The molecule has 2 heterocycles. The maximum Gasteiger partial charge on any atom is 0.238 e. The number of ether oxygens (including phenoxy) is 2. The van der Waals surface area contributed by atoms with Gasteiger partial charge < -0.3 is 14.8 Å². The van der Waals surface area contributed by atoms with Gasteiger partial charge >= 0.3 is 0 Å². The number of rotatable bonds is 6. The van der Waals surface area contributed by atoms with Gasteiger partial charge in [-0.25, -0.2) is 9.37 Å². The van der Waals surface area contributed by atoms with Crippen LogP contribution in [0.1, 0.15) is 11.8 Å². The van der Waals surface area contributed by atoms with Crippen molar-refractivity contribution in [2.75, 3.05) is 38.7 Å². The summed E-state index contributed by atoms with van der Waals surface area (Å²) in [6, 6.07) is 13.3. The Balaban J connectivity index is 1.41. The fourth-order valence-electron chi connectivity index (χ4n) is 3.42. The quantitative estimate of drug-likeness (QED) is 0.657. The van der Waals surface area contributed by atoms with Crippen molar-refractivity contribution < 1.29 is 18.7 Å². The monoisotopic (exact) mass is 422 g/mol. The summed E-state index contributed by atoms with van der Waals surface area (Å²) in [6.07, 6.45) is 3.11. The summed E-state index contributed by atoms with van der Waals surface area (Å²) >= 11 is 0. The number of carbonyl (C=O) groups excluding carboxylic acids is 1. The van der Waals surface area contributed by atoms with Crippen LogP contribution in [-0.2, 0) is 9.53 Å². The van der Waals surface area contributed by atoms with Gasteiger partial charge in [0.15, 0.2) is 0 Å². The summed E-state index contributed by atoms with van der Waals surface area (Å²) in [5, 5.41) is 2.78. The molecule has 1 aliphatic heterocycles. The topological polar surface area (TPSA) is 76.6 Å². The van der Waals surface area contributed by atoms with E-state index in [0.717, 1.165) is 17.0 Å². The predicted octanol–water partition coefficient (Wildman–Crippen LogP) is 3.30. The summed E-state index contributed by atoms with van der Waals surface area (Å²) in [7, 11) is 1.62. The van der Waals surface area contributed by atoms with E-state index in [2.05, 4.69) is 10.3 Å². The first kappa shape index (κ1) is 20.9. The van der Waals surface area contributed by atoms with Gasteiger partial charge in [-0.3, -0.25) is 14.7 Å². The summed E-state index contributed by atoms with van der Waals surface area (Å²) in [5.74, 6) is 0.242. The largest absolute Gasteiger partial charge is 0.497 e. The van der Waals surface area contributed by atoms with Gasteiger partial charge in [-0.2, -0.15) is 0 Å². The number of morpholine rings is 1. The van der Waals surface area contributed by atoms with Gasteiger partial charge in [-0.05, 0) is 36.4 Å². The van der Waals surface area contributed by atoms with E-state index >= 15 is 0 Å². The molecule has 1 N–H and O–H groups in total. The van der Waals surface area contributed by atoms with Crippen molar-refractivity contribution in [3.8, 4) is 17.0 Å². The van der Waals surface area contributed by atoms with Crippen LogP contribution in [0.2, 0.25) is 0 Å². The van der Waals surface area contributed by atoms with E-state index in [-0.39, 0.29) is 24.4 Å². The van der Waals surface area contributed by atoms with Crippen molar-refractivity contribution in [2.24, 2.45) is 0 Å². The molecule has 160 valence electrons. The van der Waals surface area contributed by atoms with Crippen LogP contribution in [0.5, 0.6) is 5.75 Å². The molecular formula is C23H23FN4O3. The zero-order chi connectivity index (χ0) is 21.6. The summed E-state index contributed by atoms with van der Waals surface area (Å²) in [5.41, 5.74) is 2.91. The minimum atomic E-state index is -0.341. The van der Waals surface area contributed by atoms with E-state index < -0.39 is 0 Å². The Labute approximate surface area is 179 Å². The van der Waals surface area contributed by atoms with E-state index in [9.17, 15) is 9.18 Å². The maximum absolute atomic E-state index is 13.0. The average Bonchev–Trinajstić information content (AvgIpc) is 2.81. The number of hydrogen-bond acceptors (Lipinski definition) is 6. The van der Waals surface area contributed by atoms with Crippen LogP contribution < -0.4 is 10.1 Å². The smallest absolute Gasteiger partial charge is 0.238 e. The molecule has 0 spiro atoms. The fraction of sp³-hybridized carbons (Fsp3) is 0.261. The van der Waals surface area contributed by atoms with E-state index in [1.807, 2.05) is 29.2 Å². The van der Waals surface area contributed by atoms with Gasteiger partial charge in [0, 0.05) is 24.3 Å². The number of hydrogen-bond donors (Lipinski definition) is 1. The second kappa shape index (κ2) is 9.63. The molecule has 4 rings (SSSR count). The van der Waals surface area contributed by atoms with Gasteiger partial charge in [0.1, 0.15) is 17.7 Å². The minimum absolute atomic E-state index is 0.163. The maximum atomic E-state index is 13.0. The molecule has 8 heteroatoms. The molecule has 0 unspecified atom stereocenters. The Hall–Kier alpha value is -3.36. The minimum Gasteiger partial charge on any atom is -0.497 e. The molecule has 1 atom stereocenters. The Morgan fingerprint density at radius 1 is 1.26 bits per heavy atom. The number of halogens is 1. The molecule has 3 aromatic rings. The SMILES string of the molecule is COc1cccc(-c2cncc([C@H]3CN(CC(=O)Nc4ccc(F)cc4)CCO3)n2)c1. The van der Waals surface area contributed by atoms with Crippen molar-refractivity contribution in [3.05, 3.63) is 72.4 Å². The molecule has 2 aromatic carbocycles. The lowest BCUT2D eigenvalue weighted by Gasteiger charge is -2.32. The number of methoxy groups -OCH3 is 1. The molecule has 1 amide bonds. The van der Waals surface area contributed by atoms with Crippen LogP contribution in [0, 0.1) is 5.82 Å². The molecule has 31 heavy (non-hydrogen) atoms. The third-order valence-electron chi connectivity index (χ3n) is 4.99. The van der Waals surface area contributed by atoms with E-state index in [0.29, 0.717) is 31.1 Å². The molecule has 1 saturated heterocycles. The van der Waals surface area contributed by atoms with Crippen LogP contribution in [0.15, 0.2) is 60.9 Å². The number of carbonyl (C=O) groups is 1. The second-order valence-corrected chi connectivity index (χ2v) is 7.21. The molecule has 1 aliphatic rings. The van der Waals surface area contributed by atoms with E-state index in [1.165, 1.54) is 24.3 Å². The molecule has 0 aliphatic carbocycles. The van der Waals surface area contributed by atoms with Crippen LogP contribution >= 0.6 is 0 Å². The normalized spacial score (nSPS) is 16.6. The van der Waals surface area contributed by atoms with Gasteiger partial charge in [0.05, 0.1) is 44.0 Å². The zero-order valence-corrected chi connectivity index (χ0v) is 17.1.